The molecule has 48 heavy (non-hydrogen) atoms. The summed E-state index contributed by atoms with van der Waals surface area (Å²) in [5.41, 5.74) is 2.52. The minimum atomic E-state index is -1.50. The lowest BCUT2D eigenvalue weighted by atomic mass is 9.86. The first-order valence-electron chi connectivity index (χ1n) is 16.5. The fraction of sp³-hybridized carbons (Fsp3) is 0.568. The molecule has 0 radical (unpaired) electrons. The van der Waals surface area contributed by atoms with E-state index >= 15 is 0 Å². The first-order chi connectivity index (χ1) is 22.4. The van der Waals surface area contributed by atoms with Gasteiger partial charge >= 0.3 is 0 Å². The van der Waals surface area contributed by atoms with Crippen molar-refractivity contribution in [3.05, 3.63) is 70.3 Å². The van der Waals surface area contributed by atoms with Crippen LogP contribution in [-0.4, -0.2) is 108 Å². The van der Waals surface area contributed by atoms with Crippen molar-refractivity contribution < 1.29 is 39.5 Å². The van der Waals surface area contributed by atoms with E-state index in [1.54, 1.807) is 27.7 Å². The van der Waals surface area contributed by atoms with Gasteiger partial charge in [0.15, 0.2) is 0 Å². The van der Waals surface area contributed by atoms with Crippen molar-refractivity contribution in [2.75, 3.05) is 40.9 Å². The van der Waals surface area contributed by atoms with Crippen LogP contribution < -0.4 is 15.4 Å². The smallest absolute Gasteiger partial charge is 0.245 e. The molecule has 0 unspecified atom stereocenters. The summed E-state index contributed by atoms with van der Waals surface area (Å²) in [7, 11) is 5.38. The molecule has 3 rings (SSSR count). The zero-order valence-corrected chi connectivity index (χ0v) is 29.8. The Balaban J connectivity index is 1.78. The summed E-state index contributed by atoms with van der Waals surface area (Å²) in [6, 6.07) is 11.8. The molecule has 11 heteroatoms. The molecule has 2 amide bonds. The van der Waals surface area contributed by atoms with Gasteiger partial charge in [0.2, 0.25) is 11.8 Å². The van der Waals surface area contributed by atoms with E-state index in [-0.39, 0.29) is 17.7 Å². The van der Waals surface area contributed by atoms with Crippen molar-refractivity contribution in [1.29, 1.82) is 0 Å². The predicted octanol–water partition coefficient (Wildman–Crippen LogP) is 2.54. The molecule has 1 fully saturated rings. The summed E-state index contributed by atoms with van der Waals surface area (Å²) in [5.74, 6) is 0.125. The number of ether oxygens (including phenoxy) is 2. The lowest BCUT2D eigenvalue weighted by Gasteiger charge is -2.40. The highest BCUT2D eigenvalue weighted by Crippen LogP contribution is 2.40. The maximum atomic E-state index is 13.2. The molecule has 11 nitrogen and oxygen atoms in total. The number of nitrogens with zero attached hydrogens (tertiary/aromatic N) is 1. The van der Waals surface area contributed by atoms with E-state index < -0.39 is 48.1 Å². The Morgan fingerprint density at radius 3 is 2.21 bits per heavy atom. The van der Waals surface area contributed by atoms with Crippen molar-refractivity contribution in [3.63, 3.8) is 0 Å². The summed E-state index contributed by atoms with van der Waals surface area (Å²) in [4.78, 5) is 27.8. The van der Waals surface area contributed by atoms with E-state index in [1.807, 2.05) is 67.5 Å². The first-order valence-corrected chi connectivity index (χ1v) is 16.5. The molecule has 6 N–H and O–H groups in total. The Hall–Kier alpha value is -3.32. The number of aliphatic hydroxyl groups is 4. The van der Waals surface area contributed by atoms with Gasteiger partial charge in [-0.15, -0.1) is 0 Å². The van der Waals surface area contributed by atoms with Gasteiger partial charge < -0.3 is 45.4 Å². The first kappa shape index (κ1) is 39.1. The molecular weight excluding hydrogens is 614 g/mol. The number of methoxy groups -OCH3 is 1. The summed E-state index contributed by atoms with van der Waals surface area (Å²) in [6.07, 6.45) is -2.17. The number of likely N-dealkylation sites (N-methyl/N-ethyl adjacent to an activating group) is 1. The number of amides is 2. The molecule has 0 aliphatic carbocycles. The highest BCUT2D eigenvalue weighted by molar-refractivity contribution is 5.93. The largest absolute Gasteiger partial charge is 0.496 e. The second-order valence-electron chi connectivity index (χ2n) is 14.3. The number of carbonyl (C=O) groups excluding carboxylic acids is 2. The van der Waals surface area contributed by atoms with Gasteiger partial charge in [-0.1, -0.05) is 50.3 Å². The number of aliphatic hydroxyl groups excluding tert-OH is 4. The third-order valence-electron chi connectivity index (χ3n) is 8.80. The number of nitrogens with one attached hydrogen (secondary N) is 2. The molecule has 1 saturated heterocycles. The minimum absolute atomic E-state index is 0.155. The SMILES string of the molecule is COc1cc(C(C)C)c(Cc2ccc(C=CC(C)(C)C(=O)NC(C)(C)C(=O)NCCN(C)C)cc2)cc1[C@@H]1O[C@H](CO)[C@@H](O)[C@H](O)[C@H]1O. The summed E-state index contributed by atoms with van der Waals surface area (Å²) < 4.78 is 11.5. The zero-order chi connectivity index (χ0) is 36.0. The Kier molecular flexibility index (Phi) is 13.4. The van der Waals surface area contributed by atoms with E-state index in [0.717, 1.165) is 22.3 Å². The van der Waals surface area contributed by atoms with Crippen LogP contribution in [0.5, 0.6) is 5.75 Å². The lowest BCUT2D eigenvalue weighted by molar-refractivity contribution is -0.232. The monoisotopic (exact) mass is 669 g/mol. The fourth-order valence-corrected chi connectivity index (χ4v) is 5.57. The molecule has 1 aliphatic rings. The molecule has 266 valence electrons. The van der Waals surface area contributed by atoms with Crippen LogP contribution in [0.3, 0.4) is 0 Å². The van der Waals surface area contributed by atoms with Crippen molar-refractivity contribution in [2.24, 2.45) is 5.41 Å². The standard InChI is InChI=1S/C37H55N3O8/c1-22(2)26-20-28(47-9)27(33-32(44)31(43)30(42)29(21-41)48-33)19-25(26)18-24-12-10-23(11-13-24)14-15-36(3,4)34(45)39-37(5,6)35(46)38-16-17-40(7)8/h10-15,19-20,22,29-33,41-44H,16-18,21H2,1-9H3,(H,38,46)(H,39,45)/t29-,30-,31+,32-,33+/m1/s1. The zero-order valence-electron chi connectivity index (χ0n) is 29.8. The Morgan fingerprint density at radius 2 is 1.65 bits per heavy atom. The number of benzene rings is 2. The van der Waals surface area contributed by atoms with Gasteiger partial charge in [-0.3, -0.25) is 9.59 Å². The summed E-state index contributed by atoms with van der Waals surface area (Å²) in [6.45, 7) is 11.8. The van der Waals surface area contributed by atoms with E-state index in [0.29, 0.717) is 30.8 Å². The number of hydrogen-bond donors (Lipinski definition) is 6. The van der Waals surface area contributed by atoms with Crippen LogP contribution in [0.25, 0.3) is 6.08 Å². The van der Waals surface area contributed by atoms with Crippen molar-refractivity contribution in [3.8, 4) is 5.75 Å². The summed E-state index contributed by atoms with van der Waals surface area (Å²) >= 11 is 0. The number of rotatable bonds is 14. The highest BCUT2D eigenvalue weighted by Gasteiger charge is 2.45. The van der Waals surface area contributed by atoms with Crippen LogP contribution in [-0.2, 0) is 20.7 Å². The Bertz CT molecular complexity index is 1420. The number of hydrogen-bond acceptors (Lipinski definition) is 9. The van der Waals surface area contributed by atoms with Crippen molar-refractivity contribution >= 4 is 17.9 Å². The lowest BCUT2D eigenvalue weighted by Crippen LogP contribution is -2.57. The predicted molar refractivity (Wildman–Crippen MR) is 186 cm³/mol. The van der Waals surface area contributed by atoms with E-state index in [1.165, 1.54) is 7.11 Å². The molecule has 2 aromatic carbocycles. The van der Waals surface area contributed by atoms with E-state index in [9.17, 15) is 30.0 Å². The van der Waals surface area contributed by atoms with Crippen LogP contribution in [0.2, 0.25) is 0 Å². The van der Waals surface area contributed by atoms with Crippen LogP contribution >= 0.6 is 0 Å². The molecule has 5 atom stereocenters. The average Bonchev–Trinajstić information content (AvgIpc) is 3.02. The molecule has 0 bridgehead atoms. The quantitative estimate of drug-likeness (QED) is 0.178. The molecule has 0 saturated carbocycles. The van der Waals surface area contributed by atoms with Gasteiger partial charge in [0.25, 0.3) is 0 Å². The van der Waals surface area contributed by atoms with Crippen LogP contribution in [0, 0.1) is 5.41 Å². The summed E-state index contributed by atoms with van der Waals surface area (Å²) in [5, 5.41) is 47.0. The highest BCUT2D eigenvalue weighted by atomic mass is 16.5. The van der Waals surface area contributed by atoms with Gasteiger partial charge in [0.05, 0.1) is 19.1 Å². The second-order valence-corrected chi connectivity index (χ2v) is 14.3. The minimum Gasteiger partial charge on any atom is -0.496 e. The third-order valence-corrected chi connectivity index (χ3v) is 8.80. The molecule has 0 spiro atoms. The maximum absolute atomic E-state index is 13.2. The van der Waals surface area contributed by atoms with Gasteiger partial charge in [0, 0.05) is 18.7 Å². The van der Waals surface area contributed by atoms with E-state index in [2.05, 4.69) is 24.5 Å². The van der Waals surface area contributed by atoms with Gasteiger partial charge in [-0.25, -0.2) is 0 Å². The molecule has 1 heterocycles. The topological polar surface area (TPSA) is 161 Å². The van der Waals surface area contributed by atoms with Crippen LogP contribution in [0.1, 0.15) is 81.4 Å². The van der Waals surface area contributed by atoms with Crippen molar-refractivity contribution in [1.82, 2.24) is 15.5 Å². The molecule has 1 aliphatic heterocycles. The molecule has 0 aromatic heterocycles. The van der Waals surface area contributed by atoms with E-state index in [4.69, 9.17) is 9.47 Å². The van der Waals surface area contributed by atoms with Gasteiger partial charge in [-0.05, 0) is 88.5 Å². The van der Waals surface area contributed by atoms with Crippen molar-refractivity contribution in [2.45, 2.75) is 89.9 Å². The molecular formula is C37H55N3O8. The number of carbonyl (C=O) groups is 2. The van der Waals surface area contributed by atoms with Crippen LogP contribution in [0.15, 0.2) is 42.5 Å². The maximum Gasteiger partial charge on any atom is 0.245 e. The Morgan fingerprint density at radius 1 is 1.00 bits per heavy atom. The Labute approximate surface area is 285 Å². The molecule has 2 aromatic rings. The van der Waals surface area contributed by atoms with Gasteiger partial charge in [-0.2, -0.15) is 0 Å². The average molecular weight is 670 g/mol. The second kappa shape index (κ2) is 16.4. The normalized spacial score (nSPS) is 21.9. The fourth-order valence-electron chi connectivity index (χ4n) is 5.57. The van der Waals surface area contributed by atoms with Crippen LogP contribution in [0.4, 0.5) is 0 Å². The van der Waals surface area contributed by atoms with Gasteiger partial charge in [0.1, 0.15) is 41.8 Å². The third kappa shape index (κ3) is 9.64.